The molecule has 124 heavy (non-hydrogen) atoms. The van der Waals surface area contributed by atoms with Crippen LogP contribution in [0.2, 0.25) is 36.6 Å². The number of carbonyl (C=O) groups excluding carboxylic acids is 2. The number of hydrogen-bond acceptors (Lipinski definition) is 29. The second kappa shape index (κ2) is 48.8. The van der Waals surface area contributed by atoms with Gasteiger partial charge in [-0.15, -0.1) is 0 Å². The third-order valence-corrected chi connectivity index (χ3v) is 22.5. The van der Waals surface area contributed by atoms with Gasteiger partial charge in [0, 0.05) is 156 Å². The molecule has 10 aromatic rings. The molecule has 0 bridgehead atoms. The van der Waals surface area contributed by atoms with Crippen LogP contribution in [0, 0.1) is 42.2 Å². The summed E-state index contributed by atoms with van der Waals surface area (Å²) >= 11 is 46.1. The maximum Gasteiger partial charge on any atom is 0.410 e. The molecule has 12 heterocycles. The zero-order valence-corrected chi connectivity index (χ0v) is 76.7. The third kappa shape index (κ3) is 30.4. The summed E-state index contributed by atoms with van der Waals surface area (Å²) in [6.45, 7) is 11.5. The first-order chi connectivity index (χ1) is 59.3. The maximum atomic E-state index is 12.4. The Bertz CT molecular complexity index is 5260. The number of rotatable bonds is 13. The topological polar surface area (TPSA) is 440 Å². The van der Waals surface area contributed by atoms with Gasteiger partial charge in [0.05, 0.1) is 37.5 Å². The quantitative estimate of drug-likeness (QED) is 0.0235. The Labute approximate surface area is 766 Å². The second-order valence-corrected chi connectivity index (χ2v) is 33.9. The van der Waals surface area contributed by atoms with Crippen molar-refractivity contribution in [3.05, 3.63) is 191 Å². The SMILES string of the molecule is CC(C)(C)OC(=O)N1CCN(c2ccc([N+](=O)[O-])nc2)CC1.CN(C)C(=O)c1cc2cnc(Cl)nc2n1C1CCCC1.Clc1ncc(Br)c(Cl)n1.Clc1ncc(Br)c(NC2CCCC2)n1.O=[N+]([O-])c1ccc(Cl)cn1.O=[N+]([O-])c1ccc(N2CCNCC2)cn1.OCC#Cc1cnc(Cl)nc1NC1CCCC1.OCc1cc2cnc(Cl)nc2n1C1CCCC1. The molecular weight excluding hydrogens is 1880 g/mol. The Morgan fingerprint density at radius 1 is 0.540 bits per heavy atom. The number of piperazine rings is 2. The van der Waals surface area contributed by atoms with Gasteiger partial charge in [0.25, 0.3) is 5.91 Å². The highest BCUT2D eigenvalue weighted by molar-refractivity contribution is 9.11. The summed E-state index contributed by atoms with van der Waals surface area (Å²) in [4.78, 5) is 112. The van der Waals surface area contributed by atoms with E-state index in [2.05, 4.69) is 138 Å². The highest BCUT2D eigenvalue weighted by Gasteiger charge is 2.30. The van der Waals surface area contributed by atoms with Gasteiger partial charge in [0.15, 0.2) is 18.6 Å². The number of amides is 2. The maximum absolute atomic E-state index is 12.4. The van der Waals surface area contributed by atoms with Crippen molar-refractivity contribution in [1.29, 1.82) is 0 Å². The van der Waals surface area contributed by atoms with Crippen molar-refractivity contribution in [3.8, 4) is 11.8 Å². The molecule has 0 atom stereocenters. The number of aliphatic hydroxyl groups excluding tert-OH is 2. The highest BCUT2D eigenvalue weighted by atomic mass is 79.9. The molecule has 45 heteroatoms. The van der Waals surface area contributed by atoms with E-state index in [9.17, 15) is 45.0 Å². The van der Waals surface area contributed by atoms with Crippen LogP contribution in [0.5, 0.6) is 0 Å². The van der Waals surface area contributed by atoms with E-state index in [-0.39, 0.29) is 69.1 Å². The average molecular weight is 1980 g/mol. The molecule has 2 saturated heterocycles. The molecule has 0 unspecified atom stereocenters. The van der Waals surface area contributed by atoms with E-state index < -0.39 is 20.4 Å². The monoisotopic (exact) mass is 1970 g/mol. The van der Waals surface area contributed by atoms with Crippen LogP contribution in [0.25, 0.3) is 22.1 Å². The molecule has 4 aliphatic carbocycles. The number of carbonyl (C=O) groups is 2. The van der Waals surface area contributed by atoms with Crippen LogP contribution >= 0.6 is 113 Å². The minimum absolute atomic E-state index is 0.00831. The van der Waals surface area contributed by atoms with E-state index in [1.807, 2.05) is 37.8 Å². The Kier molecular flexibility index (Phi) is 38.7. The van der Waals surface area contributed by atoms with Crippen molar-refractivity contribution in [3.63, 3.8) is 0 Å². The van der Waals surface area contributed by atoms with Crippen LogP contribution < -0.4 is 25.8 Å². The molecule has 0 radical (unpaired) electrons. The van der Waals surface area contributed by atoms with E-state index >= 15 is 0 Å². The number of ether oxygens (including phenoxy) is 1. The molecule has 4 saturated carbocycles. The lowest BCUT2D eigenvalue weighted by Gasteiger charge is -2.36. The first-order valence-electron chi connectivity index (χ1n) is 39.6. The second-order valence-electron chi connectivity index (χ2n) is 29.7. The summed E-state index contributed by atoms with van der Waals surface area (Å²) in [6.07, 6.45) is 31.3. The van der Waals surface area contributed by atoms with Crippen LogP contribution in [0.4, 0.5) is 45.3 Å². The normalized spacial score (nSPS) is 15.2. The van der Waals surface area contributed by atoms with Gasteiger partial charge in [0.1, 0.15) is 46.0 Å². The van der Waals surface area contributed by atoms with Gasteiger partial charge in [-0.1, -0.05) is 86.4 Å². The van der Waals surface area contributed by atoms with Crippen molar-refractivity contribution in [2.75, 3.05) is 93.5 Å². The lowest BCUT2D eigenvalue weighted by atomic mass is 10.2. The van der Waals surface area contributed by atoms with Crippen LogP contribution in [0.3, 0.4) is 0 Å². The molecule has 662 valence electrons. The Morgan fingerprint density at radius 3 is 1.44 bits per heavy atom. The average Bonchev–Trinajstić information content (AvgIpc) is 1.62. The van der Waals surface area contributed by atoms with Crippen molar-refractivity contribution in [2.45, 2.75) is 160 Å². The fourth-order valence-electron chi connectivity index (χ4n) is 13.9. The van der Waals surface area contributed by atoms with E-state index in [1.165, 1.54) is 107 Å². The summed E-state index contributed by atoms with van der Waals surface area (Å²) in [5, 5.41) is 62.8. The minimum atomic E-state index is -0.573. The van der Waals surface area contributed by atoms with Gasteiger partial charge in [0.2, 0.25) is 26.4 Å². The Hall–Kier alpha value is -9.50. The molecule has 2 amide bonds. The molecule has 0 aromatic carbocycles. The van der Waals surface area contributed by atoms with Crippen LogP contribution in [0.15, 0.2) is 107 Å². The summed E-state index contributed by atoms with van der Waals surface area (Å²) in [5.74, 6) is 6.41. The number of aromatic nitrogens is 15. The molecule has 5 N–H and O–H groups in total. The van der Waals surface area contributed by atoms with Gasteiger partial charge in [-0.3, -0.25) is 4.79 Å². The van der Waals surface area contributed by atoms with Crippen molar-refractivity contribution in [1.82, 2.24) is 89.0 Å². The highest BCUT2D eigenvalue weighted by Crippen LogP contribution is 2.37. The number of halogens is 9. The number of anilines is 4. The van der Waals surface area contributed by atoms with Crippen LogP contribution in [-0.4, -0.2) is 211 Å². The van der Waals surface area contributed by atoms with Crippen molar-refractivity contribution < 1.29 is 39.3 Å². The van der Waals surface area contributed by atoms with Crippen molar-refractivity contribution in [2.24, 2.45) is 0 Å². The largest absolute Gasteiger partial charge is 0.444 e. The van der Waals surface area contributed by atoms with E-state index in [0.717, 1.165) is 114 Å². The van der Waals surface area contributed by atoms with E-state index in [4.69, 9.17) is 91.0 Å². The number of nitrogens with zero attached hydrogens (tertiary/aromatic N) is 22. The zero-order chi connectivity index (χ0) is 89.6. The predicted molar refractivity (Wildman–Crippen MR) is 484 cm³/mol. The molecule has 6 fully saturated rings. The number of nitro groups is 3. The molecule has 16 rings (SSSR count). The predicted octanol–water partition coefficient (Wildman–Crippen LogP) is 17.3. The van der Waals surface area contributed by atoms with E-state index in [0.29, 0.717) is 82.1 Å². The minimum Gasteiger partial charge on any atom is -0.444 e. The van der Waals surface area contributed by atoms with Gasteiger partial charge in [-0.2, -0.15) is 19.9 Å². The van der Waals surface area contributed by atoms with Crippen LogP contribution in [-0.2, 0) is 11.3 Å². The summed E-state index contributed by atoms with van der Waals surface area (Å²) in [5.41, 5.74) is 5.13. The number of hydrogen-bond donors (Lipinski definition) is 5. The smallest absolute Gasteiger partial charge is 0.410 e. The number of nitrogens with one attached hydrogen (secondary N) is 3. The van der Waals surface area contributed by atoms with Gasteiger partial charge in [-0.05, 0) is 222 Å². The first-order valence-corrected chi connectivity index (χ1v) is 43.8. The lowest BCUT2D eigenvalue weighted by molar-refractivity contribution is -0.389. The van der Waals surface area contributed by atoms with Gasteiger partial charge >= 0.3 is 23.5 Å². The first kappa shape index (κ1) is 98.3. The molecule has 2 aliphatic heterocycles. The fourth-order valence-corrected chi connectivity index (χ4v) is 15.3. The lowest BCUT2D eigenvalue weighted by Crippen LogP contribution is -2.50. The van der Waals surface area contributed by atoms with Gasteiger partial charge < -0.3 is 90.0 Å². The fraction of sp³-hybridized carbons (Fsp3) is 0.456. The zero-order valence-electron chi connectivity index (χ0n) is 68.2. The summed E-state index contributed by atoms with van der Waals surface area (Å²) in [6, 6.07) is 14.5. The summed E-state index contributed by atoms with van der Waals surface area (Å²) < 4.78 is 11.0. The number of fused-ring (bicyclic) bond motifs is 2. The van der Waals surface area contributed by atoms with Crippen LogP contribution in [0.1, 0.15) is 157 Å². The molecule has 10 aromatic heterocycles. The third-order valence-electron chi connectivity index (χ3n) is 19.7. The standard InChI is InChI=1S/C14H17ClN4O.C14H20N4O4.2C12H14ClN3O.C9H11BrClN3.C9H12N4O2.C5H3ClN2O2.C4HBrCl2N2/c1-18(2)13(20)11-7-9-8-16-14(15)17-12(9)19(11)10-5-3-4-6-10;1-14(2,3)22-13(19)17-8-6-16(7-9-17)11-4-5-12(15-10-11)18(20)21;13-12-14-6-8-5-10(7-17)16(11(8)15-12)9-3-1-2-4-9;13-12-14-8-9(4-3-7-17)11(16-12)15-10-5-1-2-6-10;10-7-5-12-9(11)14-8(7)13-6-3-1-2-4-6;14-13(15)9-2-1-8(7-11-9)12-5-3-10-4-6-12;6-4-1-2-5(7-3-4)8(9)10;5-2-1-8-4(7)9-3(2)6/h7-8,10H,3-6H2,1-2H3;4-5,10H,6-9H2,1-3H3;5-6,9,17H,1-4,7H2;8,10,17H,1-2,5-7H2,(H,14,15,16);5-6H,1-4H2,(H,12,13,14);1-2,7,10H,3-6H2;1-3H;1H. The molecule has 0 spiro atoms. The van der Waals surface area contributed by atoms with E-state index in [1.54, 1.807) is 67.0 Å². The Morgan fingerprint density at radius 2 is 0.976 bits per heavy atom. The van der Waals surface area contributed by atoms with Gasteiger partial charge in [-0.25, -0.2) is 34.7 Å². The number of aliphatic hydroxyl groups is 2. The summed E-state index contributed by atoms with van der Waals surface area (Å²) in [7, 11) is 3.52. The molecular formula is C79H92Br2Cl7N25O11. The Balaban J connectivity index is 0.000000163. The number of pyridine rings is 3. The molecule has 6 aliphatic rings. The molecule has 36 nitrogen and oxygen atoms in total. The van der Waals surface area contributed by atoms with Crippen molar-refractivity contribution >= 4 is 188 Å².